The summed E-state index contributed by atoms with van der Waals surface area (Å²) in [5.41, 5.74) is 10.1. The Kier molecular flexibility index (Phi) is 4.94. The molecule has 2 N–H and O–H groups in total. The number of ether oxygens (including phenoxy) is 2. The Morgan fingerprint density at radius 3 is 2.61 bits per heavy atom. The van der Waals surface area contributed by atoms with Crippen LogP contribution < -0.4 is 10.5 Å². The van der Waals surface area contributed by atoms with E-state index in [1.807, 2.05) is 19.2 Å². The van der Waals surface area contributed by atoms with E-state index in [0.717, 1.165) is 61.2 Å². The number of fused-ring (bicyclic) bond motifs is 3. The summed E-state index contributed by atoms with van der Waals surface area (Å²) in [6.07, 6.45) is 5.33. The van der Waals surface area contributed by atoms with Gasteiger partial charge in [0.1, 0.15) is 5.75 Å². The van der Waals surface area contributed by atoms with E-state index in [4.69, 9.17) is 25.0 Å². The quantitative estimate of drug-likeness (QED) is 0.800. The lowest BCUT2D eigenvalue weighted by Crippen LogP contribution is -2.46. The predicted octanol–water partition coefficient (Wildman–Crippen LogP) is 4.23. The number of aliphatic imine (C=N–C) groups is 1. The van der Waals surface area contributed by atoms with E-state index in [1.54, 1.807) is 12.2 Å². The van der Waals surface area contributed by atoms with Crippen molar-refractivity contribution in [3.05, 3.63) is 53.6 Å². The van der Waals surface area contributed by atoms with Gasteiger partial charge in [-0.15, -0.1) is 0 Å². The highest BCUT2D eigenvalue weighted by atomic mass is 16.7. The van der Waals surface area contributed by atoms with Gasteiger partial charge in [0.15, 0.2) is 0 Å². The van der Waals surface area contributed by atoms with Gasteiger partial charge in [-0.3, -0.25) is 0 Å². The molecular weight excluding hydrogens is 390 g/mol. The predicted molar refractivity (Wildman–Crippen MR) is 121 cm³/mol. The van der Waals surface area contributed by atoms with Crippen molar-refractivity contribution in [2.75, 3.05) is 20.8 Å². The van der Waals surface area contributed by atoms with E-state index in [-0.39, 0.29) is 5.41 Å². The van der Waals surface area contributed by atoms with Gasteiger partial charge in [-0.25, -0.2) is 14.9 Å². The van der Waals surface area contributed by atoms with Crippen molar-refractivity contribution in [1.29, 1.82) is 0 Å². The van der Waals surface area contributed by atoms with E-state index in [2.05, 4.69) is 37.3 Å². The zero-order valence-electron chi connectivity index (χ0n) is 18.6. The molecular formula is C25H31N3O3. The number of hydrogen-bond acceptors (Lipinski definition) is 6. The van der Waals surface area contributed by atoms with Crippen molar-refractivity contribution in [2.24, 2.45) is 16.1 Å². The van der Waals surface area contributed by atoms with Crippen LogP contribution in [0.25, 0.3) is 11.1 Å². The maximum Gasteiger partial charge on any atom is 0.220 e. The zero-order chi connectivity index (χ0) is 21.6. The summed E-state index contributed by atoms with van der Waals surface area (Å²) in [4.78, 5) is 11.5. The van der Waals surface area contributed by atoms with Crippen LogP contribution in [0.3, 0.4) is 0 Å². The van der Waals surface area contributed by atoms with Crippen molar-refractivity contribution in [3.8, 4) is 16.9 Å². The van der Waals surface area contributed by atoms with Gasteiger partial charge in [0.05, 0.1) is 13.2 Å². The summed E-state index contributed by atoms with van der Waals surface area (Å²) >= 11 is 0. The molecule has 0 aromatic heterocycles. The van der Waals surface area contributed by atoms with Gasteiger partial charge in [0.2, 0.25) is 11.7 Å². The summed E-state index contributed by atoms with van der Waals surface area (Å²) in [6, 6.07) is 14.8. The van der Waals surface area contributed by atoms with Crippen LogP contribution in [0.2, 0.25) is 0 Å². The van der Waals surface area contributed by atoms with Crippen molar-refractivity contribution in [2.45, 2.75) is 50.9 Å². The topological polar surface area (TPSA) is 69.3 Å². The molecule has 1 fully saturated rings. The zero-order valence-corrected chi connectivity index (χ0v) is 18.6. The third-order valence-corrected chi connectivity index (χ3v) is 7.28. The summed E-state index contributed by atoms with van der Waals surface area (Å²) in [5, 5.41) is 1.63. The first-order valence-corrected chi connectivity index (χ1v) is 11.2. The second-order valence-electron chi connectivity index (χ2n) is 8.92. The molecule has 6 nitrogen and oxygen atoms in total. The molecule has 2 aliphatic carbocycles. The standard InChI is InChI=1S/C25H31N3O3/c1-4-30-20-10-12-24(13-11-20)16-19-9-8-18(17-6-5-7-21(14-17)29-3)15-22(19)25(24)27-23(26)28(2)31-25/h5-9,14-15,20H,4,10-13,16H2,1-3H3,(H2,26,27). The van der Waals surface area contributed by atoms with Crippen LogP contribution in [0, 0.1) is 5.41 Å². The molecule has 2 aromatic carbocycles. The van der Waals surface area contributed by atoms with E-state index in [1.165, 1.54) is 5.56 Å². The number of methoxy groups -OCH3 is 1. The molecule has 1 saturated carbocycles. The van der Waals surface area contributed by atoms with Gasteiger partial charge < -0.3 is 15.2 Å². The van der Waals surface area contributed by atoms with Gasteiger partial charge in [0, 0.05) is 24.6 Å². The lowest BCUT2D eigenvalue weighted by Gasteiger charge is -2.45. The molecule has 164 valence electrons. The van der Waals surface area contributed by atoms with Crippen LogP contribution in [-0.4, -0.2) is 37.9 Å². The number of guanidine groups is 1. The molecule has 0 amide bonds. The van der Waals surface area contributed by atoms with E-state index in [9.17, 15) is 0 Å². The summed E-state index contributed by atoms with van der Waals surface area (Å²) in [7, 11) is 3.54. The van der Waals surface area contributed by atoms with Crippen molar-refractivity contribution >= 4 is 5.96 Å². The fourth-order valence-electron chi connectivity index (χ4n) is 5.68. The molecule has 1 heterocycles. The van der Waals surface area contributed by atoms with Crippen molar-refractivity contribution < 1.29 is 14.3 Å². The molecule has 6 heteroatoms. The Hall–Kier alpha value is -2.57. The average molecular weight is 422 g/mol. The monoisotopic (exact) mass is 421 g/mol. The molecule has 1 aliphatic heterocycles. The Morgan fingerprint density at radius 1 is 1.16 bits per heavy atom. The highest BCUT2D eigenvalue weighted by molar-refractivity contribution is 5.79. The highest BCUT2D eigenvalue weighted by Gasteiger charge is 2.63. The van der Waals surface area contributed by atoms with Gasteiger partial charge in [0.25, 0.3) is 0 Å². The SMILES string of the molecule is CCOC1CCC2(CC1)Cc1ccc(-c3cccc(OC)c3)cc1C21N=C(N)N(C)O1. The van der Waals surface area contributed by atoms with Crippen LogP contribution >= 0.6 is 0 Å². The molecule has 1 unspecified atom stereocenters. The van der Waals surface area contributed by atoms with Gasteiger partial charge in [-0.05, 0) is 73.9 Å². The minimum atomic E-state index is -0.771. The summed E-state index contributed by atoms with van der Waals surface area (Å²) in [5.74, 6) is 1.28. The third kappa shape index (κ3) is 3.12. The molecule has 3 aliphatic rings. The Morgan fingerprint density at radius 2 is 1.94 bits per heavy atom. The molecule has 2 aromatic rings. The number of hydroxylamine groups is 2. The van der Waals surface area contributed by atoms with Crippen molar-refractivity contribution in [1.82, 2.24) is 5.06 Å². The van der Waals surface area contributed by atoms with Crippen LogP contribution in [0.1, 0.15) is 43.7 Å². The number of benzene rings is 2. The number of nitrogens with zero attached hydrogens (tertiary/aromatic N) is 2. The lowest BCUT2D eigenvalue weighted by molar-refractivity contribution is -0.232. The Balaban J connectivity index is 1.58. The van der Waals surface area contributed by atoms with Crippen LogP contribution in [0.5, 0.6) is 5.75 Å². The fourth-order valence-corrected chi connectivity index (χ4v) is 5.68. The fraction of sp³-hybridized carbons (Fsp3) is 0.480. The third-order valence-electron chi connectivity index (χ3n) is 7.28. The Labute approximate surface area is 184 Å². The summed E-state index contributed by atoms with van der Waals surface area (Å²) in [6.45, 7) is 2.83. The molecule has 0 saturated heterocycles. The van der Waals surface area contributed by atoms with Crippen LogP contribution in [0.4, 0.5) is 0 Å². The van der Waals surface area contributed by atoms with Gasteiger partial charge in [-0.1, -0.05) is 24.3 Å². The maximum absolute atomic E-state index is 6.51. The van der Waals surface area contributed by atoms with Gasteiger partial charge >= 0.3 is 0 Å². The van der Waals surface area contributed by atoms with E-state index in [0.29, 0.717) is 12.1 Å². The first-order chi connectivity index (χ1) is 15.0. The second-order valence-corrected chi connectivity index (χ2v) is 8.92. The molecule has 31 heavy (non-hydrogen) atoms. The minimum absolute atomic E-state index is 0.106. The first kappa shape index (κ1) is 20.3. The lowest BCUT2D eigenvalue weighted by atomic mass is 9.66. The Bertz CT molecular complexity index is 1010. The molecule has 5 rings (SSSR count). The smallest absolute Gasteiger partial charge is 0.220 e. The van der Waals surface area contributed by atoms with E-state index >= 15 is 0 Å². The number of nitrogens with two attached hydrogens (primary N) is 1. The normalized spacial score (nSPS) is 29.5. The largest absolute Gasteiger partial charge is 0.497 e. The van der Waals surface area contributed by atoms with Crippen LogP contribution in [-0.2, 0) is 21.7 Å². The molecule has 2 spiro atoms. The summed E-state index contributed by atoms with van der Waals surface area (Å²) < 4.78 is 11.4. The molecule has 0 bridgehead atoms. The second kappa shape index (κ2) is 7.53. The highest BCUT2D eigenvalue weighted by Crippen LogP contribution is 2.62. The van der Waals surface area contributed by atoms with Crippen LogP contribution in [0.15, 0.2) is 47.5 Å². The molecule has 0 radical (unpaired) electrons. The maximum atomic E-state index is 6.51. The van der Waals surface area contributed by atoms with Gasteiger partial charge in [-0.2, -0.15) is 0 Å². The van der Waals surface area contributed by atoms with Crippen molar-refractivity contribution in [3.63, 3.8) is 0 Å². The number of rotatable bonds is 4. The van der Waals surface area contributed by atoms with E-state index < -0.39 is 5.72 Å². The minimum Gasteiger partial charge on any atom is -0.497 e. The first-order valence-electron chi connectivity index (χ1n) is 11.2. The average Bonchev–Trinajstić information content (AvgIpc) is 3.23. The molecule has 1 atom stereocenters. The number of hydrogen-bond donors (Lipinski definition) is 1.